The summed E-state index contributed by atoms with van der Waals surface area (Å²) in [4.78, 5) is 13.8. The second-order valence-corrected chi connectivity index (χ2v) is 4.80. The average Bonchev–Trinajstić information content (AvgIpc) is 2.29. The van der Waals surface area contributed by atoms with Crippen molar-refractivity contribution in [2.75, 3.05) is 13.1 Å². The highest BCUT2D eigenvalue weighted by Gasteiger charge is 2.21. The third kappa shape index (κ3) is 3.30. The van der Waals surface area contributed by atoms with Gasteiger partial charge >= 0.3 is 0 Å². The van der Waals surface area contributed by atoms with Crippen molar-refractivity contribution < 1.29 is 9.90 Å². The number of aryl methyl sites for hydroxylation is 1. The second kappa shape index (κ2) is 5.32. The lowest BCUT2D eigenvalue weighted by Gasteiger charge is -2.30. The summed E-state index contributed by atoms with van der Waals surface area (Å²) < 4.78 is 0. The molecule has 2 rings (SSSR count). The molecule has 1 aliphatic rings. The molecule has 3 nitrogen and oxygen atoms in total. The molecule has 1 aromatic carbocycles. The van der Waals surface area contributed by atoms with Crippen LogP contribution in [0.4, 0.5) is 0 Å². The molecule has 1 aromatic rings. The maximum absolute atomic E-state index is 12.0. The minimum absolute atomic E-state index is 0.120. The van der Waals surface area contributed by atoms with E-state index in [1.807, 2.05) is 31.2 Å². The van der Waals surface area contributed by atoms with Crippen LogP contribution in [0.1, 0.15) is 24.0 Å². The number of aliphatic hydroxyl groups excluding tert-OH is 1. The lowest BCUT2D eigenvalue weighted by atomic mass is 10.1. The molecule has 3 heteroatoms. The van der Waals surface area contributed by atoms with E-state index >= 15 is 0 Å². The van der Waals surface area contributed by atoms with Crippen LogP contribution in [0.2, 0.25) is 0 Å². The highest BCUT2D eigenvalue weighted by molar-refractivity contribution is 5.79. The zero-order chi connectivity index (χ0) is 12.3. The molecule has 1 N–H and O–H groups in total. The maximum Gasteiger partial charge on any atom is 0.227 e. The summed E-state index contributed by atoms with van der Waals surface area (Å²) in [6.07, 6.45) is 1.81. The molecule has 92 valence electrons. The highest BCUT2D eigenvalue weighted by atomic mass is 16.3. The summed E-state index contributed by atoms with van der Waals surface area (Å²) in [7, 11) is 0. The minimum atomic E-state index is -0.342. The van der Waals surface area contributed by atoms with Gasteiger partial charge in [-0.25, -0.2) is 0 Å². The van der Waals surface area contributed by atoms with Crippen molar-refractivity contribution in [2.45, 2.75) is 32.3 Å². The third-order valence-corrected chi connectivity index (χ3v) is 3.19. The number of amides is 1. The topological polar surface area (TPSA) is 40.5 Å². The summed E-state index contributed by atoms with van der Waals surface area (Å²) in [6.45, 7) is 3.30. The number of nitrogens with zero attached hydrogens (tertiary/aromatic N) is 1. The molecule has 1 amide bonds. The molecule has 0 aromatic heterocycles. The van der Waals surface area contributed by atoms with Crippen LogP contribution >= 0.6 is 0 Å². The van der Waals surface area contributed by atoms with E-state index in [9.17, 15) is 9.90 Å². The molecule has 17 heavy (non-hydrogen) atoms. The van der Waals surface area contributed by atoms with Crippen molar-refractivity contribution in [2.24, 2.45) is 0 Å². The monoisotopic (exact) mass is 233 g/mol. The van der Waals surface area contributed by atoms with Crippen molar-refractivity contribution in [3.8, 4) is 0 Å². The SMILES string of the molecule is Cc1cccc(CC(=O)N2CCC[C@@H](O)C2)c1. The van der Waals surface area contributed by atoms with Gasteiger partial charge in [-0.05, 0) is 25.3 Å². The molecular formula is C14H19NO2. The molecule has 0 bridgehead atoms. The number of carbonyl (C=O) groups excluding carboxylic acids is 1. The summed E-state index contributed by atoms with van der Waals surface area (Å²) in [6, 6.07) is 8.02. The average molecular weight is 233 g/mol. The molecule has 1 atom stereocenters. The van der Waals surface area contributed by atoms with Crippen LogP contribution in [0.25, 0.3) is 0 Å². The first kappa shape index (κ1) is 12.1. The Morgan fingerprint density at radius 3 is 3.06 bits per heavy atom. The van der Waals surface area contributed by atoms with E-state index in [0.29, 0.717) is 13.0 Å². The van der Waals surface area contributed by atoms with Gasteiger partial charge in [-0.15, -0.1) is 0 Å². The van der Waals surface area contributed by atoms with Crippen LogP contribution in [-0.2, 0) is 11.2 Å². The number of likely N-dealkylation sites (tertiary alicyclic amines) is 1. The normalized spacial score (nSPS) is 20.4. The fraction of sp³-hybridized carbons (Fsp3) is 0.500. The van der Waals surface area contributed by atoms with Crippen LogP contribution in [0.5, 0.6) is 0 Å². The second-order valence-electron chi connectivity index (χ2n) is 4.80. The minimum Gasteiger partial charge on any atom is -0.391 e. The molecular weight excluding hydrogens is 214 g/mol. The molecule has 0 radical (unpaired) electrons. The molecule has 1 heterocycles. The molecule has 1 aliphatic heterocycles. The molecule has 1 fully saturated rings. The first-order chi connectivity index (χ1) is 8.15. The first-order valence-corrected chi connectivity index (χ1v) is 6.16. The van der Waals surface area contributed by atoms with Crippen molar-refractivity contribution in [3.05, 3.63) is 35.4 Å². The Morgan fingerprint density at radius 2 is 2.35 bits per heavy atom. The van der Waals surface area contributed by atoms with E-state index in [4.69, 9.17) is 0 Å². The van der Waals surface area contributed by atoms with E-state index in [1.54, 1.807) is 4.90 Å². The van der Waals surface area contributed by atoms with Crippen LogP contribution in [0.15, 0.2) is 24.3 Å². The van der Waals surface area contributed by atoms with Crippen LogP contribution < -0.4 is 0 Å². The molecule has 0 unspecified atom stereocenters. The van der Waals surface area contributed by atoms with Crippen molar-refractivity contribution in [3.63, 3.8) is 0 Å². The van der Waals surface area contributed by atoms with Crippen molar-refractivity contribution in [1.82, 2.24) is 4.90 Å². The standard InChI is InChI=1S/C14H19NO2/c1-11-4-2-5-12(8-11)9-14(17)15-7-3-6-13(16)10-15/h2,4-5,8,13,16H,3,6-7,9-10H2,1H3/t13-/m1/s1. The summed E-state index contributed by atoms with van der Waals surface area (Å²) in [5, 5.41) is 9.54. The van der Waals surface area contributed by atoms with Gasteiger partial charge in [0.2, 0.25) is 5.91 Å². The summed E-state index contributed by atoms with van der Waals surface area (Å²) in [5.74, 6) is 0.120. The van der Waals surface area contributed by atoms with Gasteiger partial charge in [0.15, 0.2) is 0 Å². The van der Waals surface area contributed by atoms with Gasteiger partial charge in [-0.3, -0.25) is 4.79 Å². The molecule has 1 saturated heterocycles. The number of hydrogen-bond donors (Lipinski definition) is 1. The number of aliphatic hydroxyl groups is 1. The Labute approximate surface area is 102 Å². The van der Waals surface area contributed by atoms with E-state index < -0.39 is 0 Å². The van der Waals surface area contributed by atoms with Crippen LogP contribution in [-0.4, -0.2) is 35.1 Å². The van der Waals surface area contributed by atoms with Crippen LogP contribution in [0.3, 0.4) is 0 Å². The van der Waals surface area contributed by atoms with Gasteiger partial charge in [0, 0.05) is 13.1 Å². The van der Waals surface area contributed by atoms with Gasteiger partial charge in [0.25, 0.3) is 0 Å². The number of benzene rings is 1. The zero-order valence-electron chi connectivity index (χ0n) is 10.2. The summed E-state index contributed by atoms with van der Waals surface area (Å²) >= 11 is 0. The zero-order valence-corrected chi connectivity index (χ0v) is 10.2. The fourth-order valence-corrected chi connectivity index (χ4v) is 2.29. The van der Waals surface area contributed by atoms with Crippen molar-refractivity contribution >= 4 is 5.91 Å². The van der Waals surface area contributed by atoms with E-state index in [2.05, 4.69) is 0 Å². The molecule has 0 spiro atoms. The van der Waals surface area contributed by atoms with Gasteiger partial charge < -0.3 is 10.0 Å². The van der Waals surface area contributed by atoms with Gasteiger partial charge in [0.1, 0.15) is 0 Å². The quantitative estimate of drug-likeness (QED) is 0.841. The Morgan fingerprint density at radius 1 is 1.53 bits per heavy atom. The van der Waals surface area contributed by atoms with E-state index in [1.165, 1.54) is 5.56 Å². The fourth-order valence-electron chi connectivity index (χ4n) is 2.29. The number of carbonyl (C=O) groups is 1. The number of piperidine rings is 1. The Balaban J connectivity index is 1.96. The lowest BCUT2D eigenvalue weighted by Crippen LogP contribution is -2.42. The predicted molar refractivity (Wildman–Crippen MR) is 66.7 cm³/mol. The number of β-amino-alcohol motifs (C(OH)–C–C–N with tert-alkyl or cyclic N) is 1. The largest absolute Gasteiger partial charge is 0.391 e. The Bertz CT molecular complexity index is 403. The van der Waals surface area contributed by atoms with Gasteiger partial charge in [0.05, 0.1) is 12.5 Å². The molecule has 0 aliphatic carbocycles. The van der Waals surface area contributed by atoms with Crippen molar-refractivity contribution in [1.29, 1.82) is 0 Å². The number of hydrogen-bond acceptors (Lipinski definition) is 2. The Kier molecular flexibility index (Phi) is 3.79. The summed E-state index contributed by atoms with van der Waals surface area (Å²) in [5.41, 5.74) is 2.23. The van der Waals surface area contributed by atoms with E-state index in [-0.39, 0.29) is 12.0 Å². The van der Waals surface area contributed by atoms with Gasteiger partial charge in [-0.2, -0.15) is 0 Å². The van der Waals surface area contributed by atoms with Gasteiger partial charge in [-0.1, -0.05) is 29.8 Å². The predicted octanol–water partition coefficient (Wildman–Crippen LogP) is 1.52. The first-order valence-electron chi connectivity index (χ1n) is 6.16. The molecule has 0 saturated carbocycles. The number of rotatable bonds is 2. The third-order valence-electron chi connectivity index (χ3n) is 3.19. The smallest absolute Gasteiger partial charge is 0.227 e. The lowest BCUT2D eigenvalue weighted by molar-refractivity contribution is -0.133. The maximum atomic E-state index is 12.0. The highest BCUT2D eigenvalue weighted by Crippen LogP contribution is 2.12. The van der Waals surface area contributed by atoms with E-state index in [0.717, 1.165) is 24.9 Å². The Hall–Kier alpha value is -1.35. The van der Waals surface area contributed by atoms with Crippen LogP contribution in [0, 0.1) is 6.92 Å².